The topological polar surface area (TPSA) is 40.0 Å². The Labute approximate surface area is 147 Å². The molecule has 1 heterocycles. The van der Waals surface area contributed by atoms with Crippen molar-refractivity contribution in [3.05, 3.63) is 0 Å². The minimum absolute atomic E-state index is 0.0377. The zero-order chi connectivity index (χ0) is 15.9. The van der Waals surface area contributed by atoms with Gasteiger partial charge < -0.3 is 14.4 Å². The first-order valence-electron chi connectivity index (χ1n) is 9.30. The second kappa shape index (κ2) is 6.30. The third kappa shape index (κ3) is 3.62. The van der Waals surface area contributed by atoms with Gasteiger partial charge in [0, 0.05) is 4.32 Å². The van der Waals surface area contributed by atoms with Crippen LogP contribution in [0.5, 0.6) is 0 Å². The van der Waals surface area contributed by atoms with E-state index in [2.05, 4.69) is 15.9 Å². The first-order valence-corrected chi connectivity index (χ1v) is 10.1. The van der Waals surface area contributed by atoms with Crippen molar-refractivity contribution in [2.45, 2.75) is 49.3 Å². The van der Waals surface area contributed by atoms with Crippen LogP contribution in [0.1, 0.15) is 44.9 Å². The van der Waals surface area contributed by atoms with Crippen LogP contribution in [0.15, 0.2) is 0 Å². The fraction of sp³-hybridized carbons (Fsp3) is 0.944. The molecule has 5 aliphatic rings. The largest absolute Gasteiger partial charge is 0.460 e. The highest BCUT2D eigenvalue weighted by molar-refractivity contribution is 9.10. The van der Waals surface area contributed by atoms with Crippen LogP contribution >= 0.6 is 15.9 Å². The Morgan fingerprint density at radius 3 is 2.52 bits per heavy atom. The van der Waals surface area contributed by atoms with Gasteiger partial charge in [-0.2, -0.15) is 0 Å². The minimum atomic E-state index is 0.0377. The van der Waals surface area contributed by atoms with Gasteiger partial charge in [0.25, 0.3) is 0 Å². The van der Waals surface area contributed by atoms with E-state index in [1.165, 1.54) is 43.4 Å². The van der Waals surface area contributed by atoms with Gasteiger partial charge >= 0.3 is 5.97 Å². The number of carbonyl (C=O) groups is 1. The minimum Gasteiger partial charge on any atom is -0.460 e. The van der Waals surface area contributed by atoms with Crippen molar-refractivity contribution in [2.75, 3.05) is 39.5 Å². The van der Waals surface area contributed by atoms with Crippen LogP contribution in [0.25, 0.3) is 0 Å². The van der Waals surface area contributed by atoms with Gasteiger partial charge in [-0.1, -0.05) is 15.9 Å². The van der Waals surface area contributed by atoms with Gasteiger partial charge in [0.15, 0.2) is 0 Å². The summed E-state index contributed by atoms with van der Waals surface area (Å²) in [6.45, 7) is 5.24. The first-order chi connectivity index (χ1) is 11.0. The molecule has 4 aliphatic carbocycles. The number of quaternary nitrogens is 1. The monoisotopic (exact) mass is 386 g/mol. The molecule has 0 spiro atoms. The Bertz CT molecular complexity index is 449. The summed E-state index contributed by atoms with van der Waals surface area (Å²) in [7, 11) is 0. The number of esters is 1. The molecule has 4 bridgehead atoms. The molecule has 1 N–H and O–H groups in total. The molecule has 4 nitrogen and oxygen atoms in total. The van der Waals surface area contributed by atoms with Gasteiger partial charge in [0.05, 0.1) is 19.6 Å². The Balaban J connectivity index is 1.27. The van der Waals surface area contributed by atoms with Crippen LogP contribution in [0.3, 0.4) is 0 Å². The number of alkyl halides is 1. The summed E-state index contributed by atoms with van der Waals surface area (Å²) >= 11 is 4.02. The van der Waals surface area contributed by atoms with E-state index in [4.69, 9.17) is 9.47 Å². The Hall–Kier alpha value is -0.130. The van der Waals surface area contributed by atoms with Crippen molar-refractivity contribution >= 4 is 21.9 Å². The number of rotatable bonds is 5. The zero-order valence-electron chi connectivity index (χ0n) is 13.9. The Morgan fingerprint density at radius 2 is 1.87 bits per heavy atom. The van der Waals surface area contributed by atoms with Crippen molar-refractivity contribution in [2.24, 2.45) is 17.3 Å². The molecule has 1 aliphatic heterocycles. The lowest BCUT2D eigenvalue weighted by Crippen LogP contribution is -3.14. The lowest BCUT2D eigenvalue weighted by molar-refractivity contribution is -0.908. The van der Waals surface area contributed by atoms with Gasteiger partial charge in [-0.3, -0.25) is 4.79 Å². The molecule has 0 radical (unpaired) electrons. The van der Waals surface area contributed by atoms with Crippen LogP contribution in [-0.4, -0.2) is 49.7 Å². The molecule has 23 heavy (non-hydrogen) atoms. The molecule has 0 aromatic heterocycles. The highest BCUT2D eigenvalue weighted by Crippen LogP contribution is 2.65. The molecule has 1 saturated heterocycles. The summed E-state index contributed by atoms with van der Waals surface area (Å²) in [4.78, 5) is 13.9. The Kier molecular flexibility index (Phi) is 4.48. The fourth-order valence-corrected chi connectivity index (χ4v) is 7.63. The Morgan fingerprint density at radius 1 is 1.17 bits per heavy atom. The summed E-state index contributed by atoms with van der Waals surface area (Å²) in [5.74, 6) is 1.71. The quantitative estimate of drug-likeness (QED) is 0.575. The van der Waals surface area contributed by atoms with Gasteiger partial charge in [-0.25, -0.2) is 0 Å². The van der Waals surface area contributed by atoms with Gasteiger partial charge in [-0.05, 0) is 55.8 Å². The lowest BCUT2D eigenvalue weighted by atomic mass is 9.49. The molecule has 5 rings (SSSR count). The number of hydrogen-bond acceptors (Lipinski definition) is 3. The fourth-order valence-electron chi connectivity index (χ4n) is 6.12. The van der Waals surface area contributed by atoms with E-state index >= 15 is 0 Å². The van der Waals surface area contributed by atoms with E-state index in [1.54, 1.807) is 0 Å². The van der Waals surface area contributed by atoms with Crippen LogP contribution in [0.4, 0.5) is 0 Å². The van der Waals surface area contributed by atoms with E-state index in [1.807, 2.05) is 0 Å². The van der Waals surface area contributed by atoms with Crippen molar-refractivity contribution in [3.63, 3.8) is 0 Å². The number of nitrogens with one attached hydrogen (secondary N) is 1. The van der Waals surface area contributed by atoms with Crippen LogP contribution in [0, 0.1) is 17.3 Å². The van der Waals surface area contributed by atoms with Gasteiger partial charge in [0.1, 0.15) is 26.2 Å². The third-order valence-corrected chi connectivity index (χ3v) is 7.48. The van der Waals surface area contributed by atoms with E-state index in [0.29, 0.717) is 17.4 Å². The summed E-state index contributed by atoms with van der Waals surface area (Å²) < 4.78 is 11.3. The number of halogens is 1. The van der Waals surface area contributed by atoms with E-state index in [0.717, 1.165) is 44.7 Å². The predicted molar refractivity (Wildman–Crippen MR) is 90.7 cm³/mol. The van der Waals surface area contributed by atoms with E-state index < -0.39 is 0 Å². The summed E-state index contributed by atoms with van der Waals surface area (Å²) in [6.07, 6.45) is 8.36. The highest BCUT2D eigenvalue weighted by Gasteiger charge is 2.57. The van der Waals surface area contributed by atoms with Crippen LogP contribution < -0.4 is 4.90 Å². The standard InChI is InChI=1S/C18H28BrNO3/c19-18-10-14-7-15(11-18)9-17(8-14,13-18)12-16(21)23-6-3-20-1-4-22-5-2-20/h14-15H,1-13H2/p+1/t14-,15-,17?,18?/m1/s1. The average Bonchev–Trinajstić information content (AvgIpc) is 2.45. The number of hydrogen-bond donors (Lipinski definition) is 1. The third-order valence-electron chi connectivity index (χ3n) is 6.55. The van der Waals surface area contributed by atoms with Gasteiger partial charge in [-0.15, -0.1) is 0 Å². The van der Waals surface area contributed by atoms with E-state index in [9.17, 15) is 4.79 Å². The molecule has 130 valence electrons. The lowest BCUT2D eigenvalue weighted by Gasteiger charge is -2.60. The highest BCUT2D eigenvalue weighted by atomic mass is 79.9. The molecule has 5 heteroatoms. The van der Waals surface area contributed by atoms with Crippen molar-refractivity contribution in [3.8, 4) is 0 Å². The van der Waals surface area contributed by atoms with Gasteiger partial charge in [0.2, 0.25) is 0 Å². The van der Waals surface area contributed by atoms with Crippen LogP contribution in [-0.2, 0) is 14.3 Å². The van der Waals surface area contributed by atoms with Crippen molar-refractivity contribution in [1.82, 2.24) is 0 Å². The van der Waals surface area contributed by atoms with E-state index in [-0.39, 0.29) is 11.4 Å². The average molecular weight is 387 g/mol. The molecular formula is C18H29BrNO3+. The smallest absolute Gasteiger partial charge is 0.306 e. The predicted octanol–water partition coefficient (Wildman–Crippen LogP) is 1.57. The summed E-state index contributed by atoms with van der Waals surface area (Å²) in [6, 6.07) is 0. The van der Waals surface area contributed by atoms with Crippen LogP contribution in [0.2, 0.25) is 0 Å². The van der Waals surface area contributed by atoms with Crippen molar-refractivity contribution < 1.29 is 19.2 Å². The summed E-state index contributed by atoms with van der Waals surface area (Å²) in [5, 5.41) is 0. The maximum atomic E-state index is 12.4. The molecular weight excluding hydrogens is 358 g/mol. The summed E-state index contributed by atoms with van der Waals surface area (Å²) in [5.41, 5.74) is 0.233. The molecule has 0 aromatic rings. The second-order valence-electron chi connectivity index (χ2n) is 8.62. The normalized spacial score (nSPS) is 42.8. The molecule has 4 saturated carbocycles. The molecule has 2 atom stereocenters. The number of morpholine rings is 1. The number of ether oxygens (including phenoxy) is 2. The molecule has 0 unspecified atom stereocenters. The maximum Gasteiger partial charge on any atom is 0.306 e. The molecule has 0 amide bonds. The SMILES string of the molecule is O=C(CC12C[C@H]3C[C@@H](CC(Br)(C3)C1)C2)OCC[NH+]1CCOCC1. The second-order valence-corrected chi connectivity index (χ2v) is 10.3. The maximum absolute atomic E-state index is 12.4. The molecule has 5 fully saturated rings. The molecule has 0 aromatic carbocycles. The van der Waals surface area contributed by atoms with Crippen molar-refractivity contribution in [1.29, 1.82) is 0 Å². The zero-order valence-corrected chi connectivity index (χ0v) is 15.5. The number of carbonyl (C=O) groups excluding carboxylic acids is 1. The first kappa shape index (κ1) is 16.3.